The number of benzene rings is 1. The van der Waals surface area contributed by atoms with Crippen molar-refractivity contribution < 1.29 is 13.2 Å². The summed E-state index contributed by atoms with van der Waals surface area (Å²) in [5, 5.41) is 0.410. The van der Waals surface area contributed by atoms with Crippen molar-refractivity contribution in [3.63, 3.8) is 0 Å². The van der Waals surface area contributed by atoms with Gasteiger partial charge in [0.25, 0.3) is 2.21 Å². The first-order valence-electron chi connectivity index (χ1n) is 4.14. The van der Waals surface area contributed by atoms with Gasteiger partial charge in [-0.15, -0.1) is 0 Å². The van der Waals surface area contributed by atoms with Crippen LogP contribution in [0, 0.1) is 0 Å². The predicted octanol–water partition coefficient (Wildman–Crippen LogP) is 3.55. The van der Waals surface area contributed by atoms with Crippen molar-refractivity contribution in [3.05, 3.63) is 33.8 Å². The second kappa shape index (κ2) is 5.21. The van der Waals surface area contributed by atoms with E-state index in [9.17, 15) is 13.2 Å². The first-order valence-corrected chi connectivity index (χ1v) is 8.25. The molecule has 0 amide bonds. The summed E-state index contributed by atoms with van der Waals surface area (Å²) in [6.07, 6.45) is 0.883. The molecule has 1 rings (SSSR count). The summed E-state index contributed by atoms with van der Waals surface area (Å²) in [5.41, 5.74) is 0.0193. The Morgan fingerprint density at radius 1 is 1.35 bits per heavy atom. The maximum Gasteiger partial charge on any atom is 0.257 e. The number of ketones is 1. The average molecular weight is 427 g/mol. The summed E-state index contributed by atoms with van der Waals surface area (Å²) >= 11 is 18.6. The maximum absolute atomic E-state index is 12.0. The number of hydrogen-bond acceptors (Lipinski definition) is 3. The Kier molecular flexibility index (Phi) is 4.75. The zero-order chi connectivity index (χ0) is 13.4. The van der Waals surface area contributed by atoms with Crippen molar-refractivity contribution in [3.8, 4) is 0 Å². The number of alkyl halides is 2. The third-order valence-corrected chi connectivity index (χ3v) is 7.47. The Hall–Kier alpha value is 0.440. The fraction of sp³-hybridized carbons (Fsp3) is 0.222. The molecule has 3 nitrogen and oxygen atoms in total. The first-order chi connectivity index (χ1) is 7.57. The van der Waals surface area contributed by atoms with Crippen LogP contribution in [-0.2, 0) is 9.84 Å². The zero-order valence-electron chi connectivity index (χ0n) is 8.38. The van der Waals surface area contributed by atoms with Crippen LogP contribution in [0.1, 0.15) is 10.4 Å². The molecule has 1 atom stereocenters. The van der Waals surface area contributed by atoms with Gasteiger partial charge in [-0.1, -0.05) is 34.8 Å². The molecule has 1 aromatic carbocycles. The highest BCUT2D eigenvalue weighted by molar-refractivity contribution is 14.1. The molecule has 0 heterocycles. The molecule has 94 valence electrons. The van der Waals surface area contributed by atoms with Crippen LogP contribution in [0.25, 0.3) is 0 Å². The Bertz CT molecular complexity index is 569. The van der Waals surface area contributed by atoms with Gasteiger partial charge in [-0.2, -0.15) is 0 Å². The fourth-order valence-corrected chi connectivity index (χ4v) is 2.33. The number of carbonyl (C=O) groups is 1. The third-order valence-electron chi connectivity index (χ3n) is 1.91. The molecule has 0 bridgehead atoms. The van der Waals surface area contributed by atoms with Gasteiger partial charge in [-0.05, 0) is 40.8 Å². The minimum absolute atomic E-state index is 0.0193. The molecular weight excluding hydrogens is 421 g/mol. The number of carbonyl (C=O) groups excluding carboxylic acids is 1. The number of sulfone groups is 1. The number of hydrogen-bond donors (Lipinski definition) is 0. The smallest absolute Gasteiger partial charge is 0.257 e. The van der Waals surface area contributed by atoms with E-state index in [0.29, 0.717) is 5.02 Å². The first kappa shape index (κ1) is 15.5. The van der Waals surface area contributed by atoms with Crippen LogP contribution in [0.5, 0.6) is 0 Å². The molecule has 8 heteroatoms. The molecule has 0 saturated carbocycles. The van der Waals surface area contributed by atoms with Gasteiger partial charge >= 0.3 is 0 Å². The molecule has 0 unspecified atom stereocenters. The lowest BCUT2D eigenvalue weighted by molar-refractivity contribution is 0.100. The summed E-state index contributed by atoms with van der Waals surface area (Å²) in [5.74, 6) is -0.788. The van der Waals surface area contributed by atoms with Gasteiger partial charge in [-0.3, -0.25) is 4.79 Å². The van der Waals surface area contributed by atoms with Crippen LogP contribution in [-0.4, -0.2) is 22.7 Å². The van der Waals surface area contributed by atoms with Crippen molar-refractivity contribution in [2.24, 2.45) is 0 Å². The van der Waals surface area contributed by atoms with E-state index in [4.69, 9.17) is 34.8 Å². The van der Waals surface area contributed by atoms with Gasteiger partial charge in [0.1, 0.15) is 0 Å². The molecule has 1 aromatic rings. The highest BCUT2D eigenvalue weighted by Gasteiger charge is 2.44. The van der Waals surface area contributed by atoms with E-state index in [1.54, 1.807) is 0 Å². The lowest BCUT2D eigenvalue weighted by Crippen LogP contribution is -2.34. The molecule has 0 spiro atoms. The lowest BCUT2D eigenvalue weighted by atomic mass is 10.1. The van der Waals surface area contributed by atoms with E-state index in [-0.39, 0.29) is 10.6 Å². The lowest BCUT2D eigenvalue weighted by Gasteiger charge is -2.17. The SMILES string of the molecule is CS(=O)(=O)[C@](Cl)(I)C(=O)c1ccc(Cl)cc1Cl. The molecular formula is C9H6Cl3IO3S. The van der Waals surface area contributed by atoms with Gasteiger partial charge < -0.3 is 0 Å². The molecule has 0 aliphatic rings. The number of halogens is 4. The fourth-order valence-electron chi connectivity index (χ4n) is 0.999. The molecule has 0 radical (unpaired) electrons. The largest absolute Gasteiger partial charge is 0.290 e. The van der Waals surface area contributed by atoms with Crippen molar-refractivity contribution in [2.75, 3.05) is 6.26 Å². The Labute approximate surface area is 127 Å². The molecule has 0 fully saturated rings. The van der Waals surface area contributed by atoms with Gasteiger partial charge in [0.15, 0.2) is 9.84 Å². The second-order valence-corrected chi connectivity index (χ2v) is 10.0. The van der Waals surface area contributed by atoms with Crippen LogP contribution < -0.4 is 0 Å². The van der Waals surface area contributed by atoms with Crippen LogP contribution in [0.4, 0.5) is 0 Å². The van der Waals surface area contributed by atoms with Crippen molar-refractivity contribution >= 4 is 73.0 Å². The standard InChI is InChI=1S/C9H6Cl3IO3S/c1-17(15,16)9(12,13)8(14)6-3-2-5(10)4-7(6)11/h2-4H,1H3/t9-/m1/s1. The number of Topliss-reactive ketones (excluding diaryl/α,β-unsaturated/α-hetero) is 1. The molecule has 0 N–H and O–H groups in total. The monoisotopic (exact) mass is 426 g/mol. The van der Waals surface area contributed by atoms with Crippen LogP contribution >= 0.6 is 57.4 Å². The van der Waals surface area contributed by atoms with Gasteiger partial charge in [-0.25, -0.2) is 8.42 Å². The Morgan fingerprint density at radius 2 is 1.88 bits per heavy atom. The zero-order valence-corrected chi connectivity index (χ0v) is 13.6. The van der Waals surface area contributed by atoms with E-state index in [1.807, 2.05) is 0 Å². The summed E-state index contributed by atoms with van der Waals surface area (Å²) in [6.45, 7) is 0. The van der Waals surface area contributed by atoms with Gasteiger partial charge in [0.05, 0.1) is 5.02 Å². The van der Waals surface area contributed by atoms with E-state index >= 15 is 0 Å². The molecule has 0 saturated heterocycles. The third kappa shape index (κ3) is 3.26. The minimum Gasteiger partial charge on any atom is -0.290 e. The summed E-state index contributed by atoms with van der Waals surface area (Å²) in [4.78, 5) is 12.0. The van der Waals surface area contributed by atoms with E-state index in [1.165, 1.54) is 40.8 Å². The van der Waals surface area contributed by atoms with Crippen molar-refractivity contribution in [2.45, 2.75) is 2.21 Å². The Balaban J connectivity index is 3.32. The topological polar surface area (TPSA) is 51.2 Å². The highest BCUT2D eigenvalue weighted by Crippen LogP contribution is 2.36. The quantitative estimate of drug-likeness (QED) is 0.421. The van der Waals surface area contributed by atoms with E-state index in [0.717, 1.165) is 6.26 Å². The van der Waals surface area contributed by atoms with Crippen LogP contribution in [0.15, 0.2) is 18.2 Å². The summed E-state index contributed by atoms with van der Waals surface area (Å²) in [6, 6.07) is 4.13. The molecule has 0 aliphatic heterocycles. The van der Waals surface area contributed by atoms with Crippen LogP contribution in [0.2, 0.25) is 10.0 Å². The molecule has 0 aromatic heterocycles. The summed E-state index contributed by atoms with van der Waals surface area (Å²) < 4.78 is 20.8. The van der Waals surface area contributed by atoms with Crippen molar-refractivity contribution in [1.82, 2.24) is 0 Å². The minimum atomic E-state index is -3.77. The Morgan fingerprint density at radius 3 is 2.29 bits per heavy atom. The predicted molar refractivity (Wildman–Crippen MR) is 78.2 cm³/mol. The van der Waals surface area contributed by atoms with Crippen molar-refractivity contribution in [1.29, 1.82) is 0 Å². The maximum atomic E-state index is 12.0. The number of rotatable bonds is 3. The molecule has 17 heavy (non-hydrogen) atoms. The normalized spacial score (nSPS) is 15.4. The van der Waals surface area contributed by atoms with E-state index in [2.05, 4.69) is 0 Å². The van der Waals surface area contributed by atoms with E-state index < -0.39 is 17.8 Å². The average Bonchev–Trinajstić information content (AvgIpc) is 2.14. The van der Waals surface area contributed by atoms with Gasteiger partial charge in [0.2, 0.25) is 5.78 Å². The second-order valence-electron chi connectivity index (χ2n) is 3.24. The summed E-state index contributed by atoms with van der Waals surface area (Å²) in [7, 11) is -3.77. The van der Waals surface area contributed by atoms with Crippen LogP contribution in [0.3, 0.4) is 0 Å². The highest BCUT2D eigenvalue weighted by atomic mass is 127. The van der Waals surface area contributed by atoms with Gasteiger partial charge in [0, 0.05) is 16.8 Å². The molecule has 0 aliphatic carbocycles.